The maximum Gasteiger partial charge on any atom is 0.262 e. The molecule has 1 aromatic heterocycles. The molecule has 4 aromatic rings. The lowest BCUT2D eigenvalue weighted by atomic mass is 9.98. The Bertz CT molecular complexity index is 1600. The first kappa shape index (κ1) is 22.6. The summed E-state index contributed by atoms with van der Waals surface area (Å²) in [5.74, 6) is 0.156. The molecule has 176 valence electrons. The first-order chi connectivity index (χ1) is 16.8. The minimum Gasteiger partial charge on any atom is -0.383 e. The van der Waals surface area contributed by atoms with Gasteiger partial charge in [-0.15, -0.1) is 0 Å². The third-order valence-corrected chi connectivity index (χ3v) is 6.97. The molecular formula is C26H23N5O3S. The van der Waals surface area contributed by atoms with E-state index in [0.29, 0.717) is 24.3 Å². The van der Waals surface area contributed by atoms with Gasteiger partial charge in [-0.25, -0.2) is 18.5 Å². The van der Waals surface area contributed by atoms with Gasteiger partial charge >= 0.3 is 0 Å². The van der Waals surface area contributed by atoms with Crippen LogP contribution >= 0.6 is 0 Å². The van der Waals surface area contributed by atoms with Crippen molar-refractivity contribution in [3.8, 4) is 11.1 Å². The number of nitrogens with one attached hydrogen (secondary N) is 1. The van der Waals surface area contributed by atoms with Gasteiger partial charge in [-0.3, -0.25) is 15.2 Å². The van der Waals surface area contributed by atoms with E-state index in [0.717, 1.165) is 33.2 Å². The van der Waals surface area contributed by atoms with E-state index in [-0.39, 0.29) is 10.8 Å². The second-order valence-corrected chi connectivity index (χ2v) is 9.76. The average Bonchev–Trinajstić information content (AvgIpc) is 3.25. The summed E-state index contributed by atoms with van der Waals surface area (Å²) in [6.07, 6.45) is 5.49. The maximum absolute atomic E-state index is 12.7. The van der Waals surface area contributed by atoms with E-state index in [1.807, 2.05) is 42.5 Å². The number of amides is 1. The van der Waals surface area contributed by atoms with Gasteiger partial charge in [-0.2, -0.15) is 0 Å². The Morgan fingerprint density at radius 2 is 1.83 bits per heavy atom. The number of pyridine rings is 1. The third kappa shape index (κ3) is 4.46. The van der Waals surface area contributed by atoms with Crippen LogP contribution in [0.4, 0.5) is 11.5 Å². The van der Waals surface area contributed by atoms with Gasteiger partial charge < -0.3 is 5.73 Å². The van der Waals surface area contributed by atoms with E-state index >= 15 is 0 Å². The molecule has 2 heterocycles. The molecule has 35 heavy (non-hydrogen) atoms. The number of rotatable bonds is 5. The molecule has 8 nitrogen and oxygen atoms in total. The number of hydrogen-bond acceptors (Lipinski definition) is 6. The van der Waals surface area contributed by atoms with Gasteiger partial charge in [-0.05, 0) is 58.8 Å². The fourth-order valence-corrected chi connectivity index (χ4v) is 5.15. The highest BCUT2D eigenvalue weighted by Crippen LogP contribution is 2.37. The fraction of sp³-hybridized carbons (Fsp3) is 0.0769. The average molecular weight is 486 g/mol. The highest BCUT2D eigenvalue weighted by atomic mass is 32.2. The molecule has 0 saturated carbocycles. The standard InChI is InChI=1S/C26H23N5O3S/c27-26-22-16-17(8-10-18(22)12-14-29-26)9-11-25(32)30-31-15-13-20-19(5-3-6-23(20)31)21-4-1-2-7-24(21)35(28,33)34/h1-12,14,16H,13,15H2,(H2,27,29)(H,30,32)(H2,28,33,34)/b11-9-. The van der Waals surface area contributed by atoms with E-state index in [1.54, 1.807) is 35.5 Å². The molecule has 0 bridgehead atoms. The summed E-state index contributed by atoms with van der Waals surface area (Å²) < 4.78 is 24.2. The summed E-state index contributed by atoms with van der Waals surface area (Å²) in [6, 6.07) is 19.9. The zero-order valence-corrected chi connectivity index (χ0v) is 19.5. The Balaban J connectivity index is 1.38. The summed E-state index contributed by atoms with van der Waals surface area (Å²) in [7, 11) is -3.89. The van der Waals surface area contributed by atoms with Crippen LogP contribution in [0.2, 0.25) is 0 Å². The van der Waals surface area contributed by atoms with Crippen LogP contribution in [-0.2, 0) is 21.2 Å². The minimum atomic E-state index is -3.89. The normalized spacial score (nSPS) is 13.3. The zero-order valence-electron chi connectivity index (χ0n) is 18.7. The van der Waals surface area contributed by atoms with Gasteiger partial charge in [0, 0.05) is 29.8 Å². The maximum atomic E-state index is 12.7. The number of carbonyl (C=O) groups is 1. The third-order valence-electron chi connectivity index (χ3n) is 6.00. The first-order valence-electron chi connectivity index (χ1n) is 11.0. The molecule has 0 saturated heterocycles. The number of anilines is 2. The summed E-state index contributed by atoms with van der Waals surface area (Å²) in [5, 5.41) is 9.02. The Hall–Kier alpha value is -4.21. The number of nitrogens with zero attached hydrogens (tertiary/aromatic N) is 2. The minimum absolute atomic E-state index is 0.0741. The molecular weight excluding hydrogens is 462 g/mol. The van der Waals surface area contributed by atoms with Crippen LogP contribution in [0.25, 0.3) is 28.0 Å². The van der Waals surface area contributed by atoms with Crippen molar-refractivity contribution in [2.75, 3.05) is 17.3 Å². The smallest absolute Gasteiger partial charge is 0.262 e. The Morgan fingerprint density at radius 3 is 2.66 bits per heavy atom. The van der Waals surface area contributed by atoms with E-state index in [4.69, 9.17) is 10.9 Å². The molecule has 0 radical (unpaired) electrons. The number of sulfonamides is 1. The van der Waals surface area contributed by atoms with Crippen molar-refractivity contribution in [1.29, 1.82) is 0 Å². The summed E-state index contributed by atoms with van der Waals surface area (Å²) in [6.45, 7) is 0.557. The molecule has 5 N–H and O–H groups in total. The number of nitrogen functional groups attached to an aromatic ring is 1. The van der Waals surface area contributed by atoms with E-state index in [9.17, 15) is 13.2 Å². The predicted octanol–water partition coefficient (Wildman–Crippen LogP) is 3.24. The zero-order chi connectivity index (χ0) is 24.6. The molecule has 1 aliphatic rings. The van der Waals surface area contributed by atoms with Crippen molar-refractivity contribution in [1.82, 2.24) is 10.4 Å². The van der Waals surface area contributed by atoms with Gasteiger partial charge in [0.1, 0.15) is 5.82 Å². The van der Waals surface area contributed by atoms with Crippen LogP contribution in [0, 0.1) is 0 Å². The Labute approximate surface area is 202 Å². The number of hydrazine groups is 1. The van der Waals surface area contributed by atoms with Crippen molar-refractivity contribution < 1.29 is 13.2 Å². The van der Waals surface area contributed by atoms with Gasteiger partial charge in [0.15, 0.2) is 0 Å². The second kappa shape index (κ2) is 8.86. The number of nitrogens with two attached hydrogens (primary N) is 2. The van der Waals surface area contributed by atoms with Crippen molar-refractivity contribution in [3.63, 3.8) is 0 Å². The molecule has 0 unspecified atom stereocenters. The number of carbonyl (C=O) groups excluding carboxylic acids is 1. The van der Waals surface area contributed by atoms with Crippen molar-refractivity contribution in [2.45, 2.75) is 11.3 Å². The van der Waals surface area contributed by atoms with Gasteiger partial charge in [0.05, 0.1) is 10.6 Å². The molecule has 0 spiro atoms. The molecule has 0 atom stereocenters. The molecule has 1 aliphatic heterocycles. The number of primary sulfonamides is 1. The SMILES string of the molecule is Nc1nccc2ccc(/C=C\C(=O)NN3CCc4c(-c5ccccc5S(N)(=O)=O)cccc43)cc12. The Kier molecular flexibility index (Phi) is 5.72. The lowest BCUT2D eigenvalue weighted by molar-refractivity contribution is -0.116. The highest BCUT2D eigenvalue weighted by Gasteiger charge is 2.25. The largest absolute Gasteiger partial charge is 0.383 e. The fourth-order valence-electron chi connectivity index (χ4n) is 4.39. The van der Waals surface area contributed by atoms with E-state index < -0.39 is 10.0 Å². The molecule has 9 heteroatoms. The summed E-state index contributed by atoms with van der Waals surface area (Å²) >= 11 is 0. The van der Waals surface area contributed by atoms with Crippen molar-refractivity contribution in [3.05, 3.63) is 90.1 Å². The van der Waals surface area contributed by atoms with Gasteiger partial charge in [-0.1, -0.05) is 42.5 Å². The molecule has 5 rings (SSSR count). The van der Waals surface area contributed by atoms with E-state index in [2.05, 4.69) is 10.4 Å². The lowest BCUT2D eigenvalue weighted by Crippen LogP contribution is -2.40. The number of hydrogen-bond donors (Lipinski definition) is 3. The molecule has 0 aliphatic carbocycles. The van der Waals surface area contributed by atoms with Gasteiger partial charge in [0.25, 0.3) is 5.91 Å². The molecule has 1 amide bonds. The highest BCUT2D eigenvalue weighted by molar-refractivity contribution is 7.89. The molecule has 0 fully saturated rings. The summed E-state index contributed by atoms with van der Waals surface area (Å²) in [5.41, 5.74) is 12.8. The van der Waals surface area contributed by atoms with Crippen LogP contribution in [0.5, 0.6) is 0 Å². The number of benzene rings is 3. The van der Waals surface area contributed by atoms with E-state index in [1.165, 1.54) is 12.1 Å². The Morgan fingerprint density at radius 1 is 1.03 bits per heavy atom. The summed E-state index contributed by atoms with van der Waals surface area (Å²) in [4.78, 5) is 16.9. The van der Waals surface area contributed by atoms with Crippen LogP contribution in [-0.4, -0.2) is 25.9 Å². The van der Waals surface area contributed by atoms with Crippen molar-refractivity contribution in [2.24, 2.45) is 5.14 Å². The predicted molar refractivity (Wildman–Crippen MR) is 138 cm³/mol. The lowest BCUT2D eigenvalue weighted by Gasteiger charge is -2.20. The van der Waals surface area contributed by atoms with Gasteiger partial charge in [0.2, 0.25) is 10.0 Å². The van der Waals surface area contributed by atoms with Crippen molar-refractivity contribution >= 4 is 44.3 Å². The monoisotopic (exact) mass is 485 g/mol. The van der Waals surface area contributed by atoms with Crippen LogP contribution in [0.15, 0.2) is 83.9 Å². The first-order valence-corrected chi connectivity index (χ1v) is 12.5. The second-order valence-electron chi connectivity index (χ2n) is 8.23. The van der Waals surface area contributed by atoms with Crippen LogP contribution in [0.1, 0.15) is 11.1 Å². The quantitative estimate of drug-likeness (QED) is 0.372. The number of aromatic nitrogens is 1. The van der Waals surface area contributed by atoms with Crippen LogP contribution < -0.4 is 21.3 Å². The topological polar surface area (TPSA) is 131 Å². The van der Waals surface area contributed by atoms with Crippen LogP contribution in [0.3, 0.4) is 0 Å². The molecule has 3 aromatic carbocycles. The number of fused-ring (bicyclic) bond motifs is 2.